The molecular formula is C18H30N9O4+. The highest BCUT2D eigenvalue weighted by molar-refractivity contribution is 5.80. The van der Waals surface area contributed by atoms with Crippen molar-refractivity contribution in [2.75, 3.05) is 25.5 Å². The van der Waals surface area contributed by atoms with Gasteiger partial charge < -0.3 is 31.9 Å². The molecule has 170 valence electrons. The van der Waals surface area contributed by atoms with Crippen molar-refractivity contribution in [1.29, 1.82) is 0 Å². The van der Waals surface area contributed by atoms with Crippen molar-refractivity contribution in [2.24, 2.45) is 16.5 Å². The van der Waals surface area contributed by atoms with Gasteiger partial charge in [-0.25, -0.2) is 14.2 Å². The van der Waals surface area contributed by atoms with Crippen LogP contribution in [-0.2, 0) is 16.1 Å². The molecule has 0 aliphatic heterocycles. The van der Waals surface area contributed by atoms with Gasteiger partial charge in [0.05, 0.1) is 13.2 Å². The number of carbonyl (C=O) groups excluding carboxylic acids is 1. The number of alkyl carbamates (subject to hydrolysis) is 1. The summed E-state index contributed by atoms with van der Waals surface area (Å²) in [5, 5.41) is 14.6. The van der Waals surface area contributed by atoms with E-state index in [2.05, 4.69) is 30.6 Å². The molecule has 0 bridgehead atoms. The Morgan fingerprint density at radius 3 is 2.81 bits per heavy atom. The number of hydrogen-bond acceptors (Lipinski definition) is 7. The fraction of sp³-hybridized carbons (Fsp3) is 0.556. The summed E-state index contributed by atoms with van der Waals surface area (Å²) in [6.45, 7) is 1.25. The highest BCUT2D eigenvalue weighted by Crippen LogP contribution is 2.12. The number of nitrogens with two attached hydrogens (primary N) is 2. The van der Waals surface area contributed by atoms with Gasteiger partial charge in [0.25, 0.3) is 0 Å². The molecule has 1 amide bonds. The van der Waals surface area contributed by atoms with Crippen LogP contribution in [0.25, 0.3) is 11.2 Å². The number of aromatic amines is 1. The number of aliphatic imine (C=N–C) groups is 1. The normalized spacial score (nSPS) is 11.6. The lowest BCUT2D eigenvalue weighted by molar-refractivity contribution is -0.673. The maximum atomic E-state index is 11.8. The van der Waals surface area contributed by atoms with E-state index in [1.54, 1.807) is 7.05 Å². The maximum Gasteiger partial charge on any atom is 0.407 e. The second-order valence-corrected chi connectivity index (χ2v) is 6.82. The third-order valence-corrected chi connectivity index (χ3v) is 4.51. The number of amides is 1. The molecule has 0 radical (unpaired) electrons. The molecule has 0 aliphatic carbocycles. The molecule has 2 heterocycles. The number of aryl methyl sites for hydroxylation is 1. The molecule has 0 saturated heterocycles. The van der Waals surface area contributed by atoms with Crippen LogP contribution in [0.5, 0.6) is 0 Å². The minimum atomic E-state index is -1.14. The Morgan fingerprint density at radius 2 is 2.10 bits per heavy atom. The second-order valence-electron chi connectivity index (χ2n) is 6.82. The predicted molar refractivity (Wildman–Crippen MR) is 113 cm³/mol. The van der Waals surface area contributed by atoms with E-state index in [0.29, 0.717) is 19.4 Å². The summed E-state index contributed by atoms with van der Waals surface area (Å²) in [5.41, 5.74) is 12.1. The second kappa shape index (κ2) is 12.1. The summed E-state index contributed by atoms with van der Waals surface area (Å²) in [4.78, 5) is 38.5. The van der Waals surface area contributed by atoms with Gasteiger partial charge >= 0.3 is 17.7 Å². The van der Waals surface area contributed by atoms with Crippen LogP contribution in [0.4, 0.5) is 10.6 Å². The lowest BCUT2D eigenvalue weighted by atomic mass is 10.1. The molecule has 31 heavy (non-hydrogen) atoms. The number of H-pyrrole nitrogens is 1. The van der Waals surface area contributed by atoms with E-state index < -0.39 is 18.1 Å². The Bertz CT molecular complexity index is 895. The quantitative estimate of drug-likeness (QED) is 0.105. The maximum absolute atomic E-state index is 11.8. The van der Waals surface area contributed by atoms with Gasteiger partial charge in [0, 0.05) is 13.6 Å². The first-order valence-corrected chi connectivity index (χ1v) is 10.0. The first-order valence-electron chi connectivity index (χ1n) is 10.0. The van der Waals surface area contributed by atoms with E-state index in [1.165, 1.54) is 6.33 Å². The van der Waals surface area contributed by atoms with Gasteiger partial charge in [-0.05, 0) is 32.1 Å². The molecule has 2 aromatic rings. The van der Waals surface area contributed by atoms with E-state index in [0.717, 1.165) is 36.4 Å². The number of hydrogen-bond donors (Lipinski definition) is 6. The number of carboxylic acid groups (broad SMARTS) is 1. The fourth-order valence-electron chi connectivity index (χ4n) is 2.96. The first-order chi connectivity index (χ1) is 14.9. The summed E-state index contributed by atoms with van der Waals surface area (Å²) in [6, 6.07) is -1.05. The van der Waals surface area contributed by atoms with Gasteiger partial charge in [0.15, 0.2) is 24.4 Å². The molecular weight excluding hydrogens is 406 g/mol. The molecule has 0 fully saturated rings. The summed E-state index contributed by atoms with van der Waals surface area (Å²) in [6.07, 6.45) is 5.58. The fourth-order valence-corrected chi connectivity index (χ4v) is 2.96. The zero-order chi connectivity index (χ0) is 22.6. The van der Waals surface area contributed by atoms with Crippen LogP contribution in [0.1, 0.15) is 32.1 Å². The standard InChI is InChI=1S/C18H29N9O4/c1-21-14-13-15(24-10-23-14)27(11-25-13)8-3-2-4-9-31-18(30)26-12(16(28)29)6-5-7-22-17(19)20/h10-12H,2-9H2,1H3,(H7,19,20,21,22,23,24,26,28,29,30)/p+1/t12-/m0/s1. The Morgan fingerprint density at radius 1 is 1.29 bits per heavy atom. The van der Waals surface area contributed by atoms with E-state index in [1.807, 2.05) is 10.9 Å². The van der Waals surface area contributed by atoms with Gasteiger partial charge in [-0.2, -0.15) is 4.98 Å². The van der Waals surface area contributed by atoms with Crippen LogP contribution in [0.3, 0.4) is 0 Å². The van der Waals surface area contributed by atoms with Gasteiger partial charge in [-0.3, -0.25) is 9.98 Å². The van der Waals surface area contributed by atoms with Crippen molar-refractivity contribution < 1.29 is 24.0 Å². The molecule has 0 saturated carbocycles. The Kier molecular flexibility index (Phi) is 9.26. The zero-order valence-electron chi connectivity index (χ0n) is 17.5. The Labute approximate surface area is 179 Å². The number of unbranched alkanes of at least 4 members (excludes halogenated alkanes) is 2. The number of carboxylic acids is 1. The van der Waals surface area contributed by atoms with Crippen molar-refractivity contribution in [1.82, 2.24) is 20.3 Å². The average Bonchev–Trinajstić information content (AvgIpc) is 3.15. The number of fused-ring (bicyclic) bond motifs is 1. The number of nitrogens with zero attached hydrogens (tertiary/aromatic N) is 4. The van der Waals surface area contributed by atoms with Crippen LogP contribution >= 0.6 is 0 Å². The number of aliphatic carboxylic acids is 1. The smallest absolute Gasteiger partial charge is 0.407 e. The van der Waals surface area contributed by atoms with Crippen molar-refractivity contribution in [2.45, 2.75) is 44.7 Å². The zero-order valence-corrected chi connectivity index (χ0v) is 17.5. The number of imidazole rings is 1. The van der Waals surface area contributed by atoms with Crippen molar-refractivity contribution in [3.05, 3.63) is 12.7 Å². The SMILES string of the molecule is CNc1ncnc2c1[nH]c[n+]2CCCCCOC(=O)N[C@@H](CCCN=C(N)N)C(=O)O. The lowest BCUT2D eigenvalue weighted by Gasteiger charge is -2.14. The summed E-state index contributed by atoms with van der Waals surface area (Å²) < 4.78 is 7.09. The molecule has 0 unspecified atom stereocenters. The molecule has 0 aliphatic rings. The molecule has 2 rings (SSSR count). The van der Waals surface area contributed by atoms with Gasteiger partial charge in [-0.15, -0.1) is 0 Å². The van der Waals surface area contributed by atoms with E-state index in [-0.39, 0.29) is 19.0 Å². The third-order valence-electron chi connectivity index (χ3n) is 4.51. The number of ether oxygens (including phenoxy) is 1. The minimum absolute atomic E-state index is 0.0571. The number of aromatic nitrogens is 4. The van der Waals surface area contributed by atoms with E-state index >= 15 is 0 Å². The number of nitrogens with one attached hydrogen (secondary N) is 3. The van der Waals surface area contributed by atoms with Crippen LogP contribution in [0.15, 0.2) is 17.6 Å². The van der Waals surface area contributed by atoms with Gasteiger partial charge in [-0.1, -0.05) is 4.98 Å². The minimum Gasteiger partial charge on any atom is -0.480 e. The largest absolute Gasteiger partial charge is 0.480 e. The van der Waals surface area contributed by atoms with Crippen LogP contribution in [0.2, 0.25) is 0 Å². The van der Waals surface area contributed by atoms with Crippen molar-refractivity contribution >= 4 is 35.0 Å². The number of rotatable bonds is 13. The molecule has 2 aromatic heterocycles. The lowest BCUT2D eigenvalue weighted by Crippen LogP contribution is -2.41. The monoisotopic (exact) mass is 436 g/mol. The Hall–Kier alpha value is -3.64. The predicted octanol–water partition coefficient (Wildman–Crippen LogP) is -0.310. The van der Waals surface area contributed by atoms with Crippen LogP contribution < -0.4 is 26.7 Å². The molecule has 0 spiro atoms. The summed E-state index contributed by atoms with van der Waals surface area (Å²) >= 11 is 0. The highest BCUT2D eigenvalue weighted by atomic mass is 16.5. The van der Waals surface area contributed by atoms with E-state index in [9.17, 15) is 14.7 Å². The Balaban J connectivity index is 1.65. The summed E-state index contributed by atoms with van der Waals surface area (Å²) in [5.74, 6) is -0.458. The topological polar surface area (TPSA) is 198 Å². The highest BCUT2D eigenvalue weighted by Gasteiger charge is 2.20. The molecule has 0 aromatic carbocycles. The molecule has 1 atom stereocenters. The number of carbonyl (C=O) groups is 2. The van der Waals surface area contributed by atoms with Crippen LogP contribution in [0, 0.1) is 0 Å². The molecule has 13 heteroatoms. The van der Waals surface area contributed by atoms with Crippen molar-refractivity contribution in [3.8, 4) is 0 Å². The number of anilines is 1. The third kappa shape index (κ3) is 7.60. The van der Waals surface area contributed by atoms with Gasteiger partial charge in [0.2, 0.25) is 5.52 Å². The molecule has 13 nitrogen and oxygen atoms in total. The number of guanidine groups is 1. The molecule has 8 N–H and O–H groups in total. The van der Waals surface area contributed by atoms with Gasteiger partial charge in [0.1, 0.15) is 6.04 Å². The average molecular weight is 436 g/mol. The first kappa shape index (κ1) is 23.6. The van der Waals surface area contributed by atoms with Crippen molar-refractivity contribution in [3.63, 3.8) is 0 Å². The summed E-state index contributed by atoms with van der Waals surface area (Å²) in [7, 11) is 1.80. The van der Waals surface area contributed by atoms with Crippen LogP contribution in [-0.4, -0.2) is 64.3 Å². The van der Waals surface area contributed by atoms with E-state index in [4.69, 9.17) is 16.2 Å².